The van der Waals surface area contributed by atoms with Crippen molar-refractivity contribution in [3.05, 3.63) is 52.8 Å². The molecule has 2 nitrogen and oxygen atoms in total. The van der Waals surface area contributed by atoms with Crippen molar-refractivity contribution in [2.24, 2.45) is 0 Å². The van der Waals surface area contributed by atoms with Crippen LogP contribution in [0.3, 0.4) is 0 Å². The quantitative estimate of drug-likeness (QED) is 0.780. The van der Waals surface area contributed by atoms with Crippen LogP contribution in [0.5, 0.6) is 5.75 Å². The summed E-state index contributed by atoms with van der Waals surface area (Å²) < 4.78 is 18.6. The number of hydrogen-bond acceptors (Lipinski definition) is 2. The van der Waals surface area contributed by atoms with Crippen LogP contribution in [0.25, 0.3) is 11.1 Å². The third-order valence-electron chi connectivity index (χ3n) is 3.31. The number of benzene rings is 2. The second kappa shape index (κ2) is 5.22. The second-order valence-corrected chi connectivity index (χ2v) is 4.44. The summed E-state index contributed by atoms with van der Waals surface area (Å²) in [4.78, 5) is 11.1. The Morgan fingerprint density at radius 2 is 1.79 bits per heavy atom. The van der Waals surface area contributed by atoms with Crippen LogP contribution in [0, 0.1) is 19.7 Å². The smallest absolute Gasteiger partial charge is 0.150 e. The molecule has 2 rings (SSSR count). The summed E-state index contributed by atoms with van der Waals surface area (Å²) in [5.41, 5.74) is 3.92. The van der Waals surface area contributed by atoms with Gasteiger partial charge in [-0.25, -0.2) is 4.39 Å². The molecule has 0 spiro atoms. The molecule has 0 N–H and O–H groups in total. The Morgan fingerprint density at radius 1 is 1.11 bits per heavy atom. The summed E-state index contributed by atoms with van der Waals surface area (Å²) in [5.74, 6) is 0.295. The number of aldehydes is 1. The third kappa shape index (κ3) is 2.36. The minimum atomic E-state index is -0.423. The molecule has 0 aromatic heterocycles. The highest BCUT2D eigenvalue weighted by molar-refractivity contribution is 5.89. The minimum Gasteiger partial charge on any atom is -0.496 e. The van der Waals surface area contributed by atoms with E-state index in [1.165, 1.54) is 12.1 Å². The topological polar surface area (TPSA) is 26.3 Å². The van der Waals surface area contributed by atoms with Crippen molar-refractivity contribution in [1.29, 1.82) is 0 Å². The summed E-state index contributed by atoms with van der Waals surface area (Å²) >= 11 is 0. The van der Waals surface area contributed by atoms with Crippen LogP contribution < -0.4 is 4.74 Å². The van der Waals surface area contributed by atoms with Crippen LogP contribution in [0.1, 0.15) is 21.5 Å². The van der Waals surface area contributed by atoms with Gasteiger partial charge in [0.25, 0.3) is 0 Å². The molecule has 0 atom stereocenters. The zero-order chi connectivity index (χ0) is 14.0. The summed E-state index contributed by atoms with van der Waals surface area (Å²) in [6.07, 6.45) is 0.660. The fourth-order valence-corrected chi connectivity index (χ4v) is 2.14. The van der Waals surface area contributed by atoms with Crippen molar-refractivity contribution in [3.8, 4) is 16.9 Å². The molecule has 0 unspecified atom stereocenters. The van der Waals surface area contributed by atoms with E-state index >= 15 is 0 Å². The number of methoxy groups -OCH3 is 1. The Balaban J connectivity index is 2.72. The van der Waals surface area contributed by atoms with Gasteiger partial charge in [-0.3, -0.25) is 4.79 Å². The lowest BCUT2D eigenvalue weighted by Crippen LogP contribution is -1.96. The van der Waals surface area contributed by atoms with Crippen LogP contribution in [0.4, 0.5) is 4.39 Å². The van der Waals surface area contributed by atoms with Gasteiger partial charge < -0.3 is 4.74 Å². The Labute approximate surface area is 111 Å². The van der Waals surface area contributed by atoms with Crippen molar-refractivity contribution in [2.45, 2.75) is 13.8 Å². The molecule has 2 aromatic carbocycles. The van der Waals surface area contributed by atoms with Gasteiger partial charge in [0, 0.05) is 11.1 Å². The predicted octanol–water partition coefficient (Wildman–Crippen LogP) is 3.93. The third-order valence-corrected chi connectivity index (χ3v) is 3.31. The average molecular weight is 258 g/mol. The highest BCUT2D eigenvalue weighted by Crippen LogP contribution is 2.36. The molecule has 0 aliphatic rings. The van der Waals surface area contributed by atoms with E-state index in [0.717, 1.165) is 22.4 Å². The van der Waals surface area contributed by atoms with E-state index < -0.39 is 5.82 Å². The lowest BCUT2D eigenvalue weighted by molar-refractivity contribution is 0.112. The Hall–Kier alpha value is -2.16. The highest BCUT2D eigenvalue weighted by Gasteiger charge is 2.14. The molecule has 19 heavy (non-hydrogen) atoms. The Morgan fingerprint density at radius 3 is 2.42 bits per heavy atom. The molecule has 98 valence electrons. The first-order chi connectivity index (χ1) is 9.08. The zero-order valence-electron chi connectivity index (χ0n) is 11.2. The molecule has 0 saturated heterocycles. The molecule has 0 fully saturated rings. The van der Waals surface area contributed by atoms with Crippen LogP contribution in [-0.4, -0.2) is 13.4 Å². The van der Waals surface area contributed by atoms with E-state index in [0.29, 0.717) is 17.4 Å². The van der Waals surface area contributed by atoms with Crippen molar-refractivity contribution < 1.29 is 13.9 Å². The molecule has 3 heteroatoms. The Kier molecular flexibility index (Phi) is 3.65. The number of halogens is 1. The molecular weight excluding hydrogens is 243 g/mol. The normalized spacial score (nSPS) is 10.3. The van der Waals surface area contributed by atoms with E-state index in [-0.39, 0.29) is 0 Å². The first-order valence-electron chi connectivity index (χ1n) is 5.97. The lowest BCUT2D eigenvalue weighted by atomic mass is 9.95. The van der Waals surface area contributed by atoms with E-state index in [4.69, 9.17) is 4.74 Å². The van der Waals surface area contributed by atoms with Gasteiger partial charge in [-0.15, -0.1) is 0 Å². The van der Waals surface area contributed by atoms with Crippen LogP contribution in [0.15, 0.2) is 30.3 Å². The van der Waals surface area contributed by atoms with Gasteiger partial charge in [-0.2, -0.15) is 0 Å². The van der Waals surface area contributed by atoms with E-state index in [1.54, 1.807) is 13.2 Å². The van der Waals surface area contributed by atoms with Gasteiger partial charge in [-0.05, 0) is 42.7 Å². The van der Waals surface area contributed by atoms with Crippen molar-refractivity contribution in [2.75, 3.05) is 7.11 Å². The van der Waals surface area contributed by atoms with Gasteiger partial charge in [0.2, 0.25) is 0 Å². The number of rotatable bonds is 3. The first-order valence-corrected chi connectivity index (χ1v) is 5.97. The standard InChI is InChI=1S/C16H15FO2/c1-10-4-6-15(16(19-3)11(10)2)14-7-5-13(17)8-12(14)9-18/h4-9H,1-3H3. The SMILES string of the molecule is COc1c(-c2ccc(F)cc2C=O)ccc(C)c1C. The van der Waals surface area contributed by atoms with Crippen LogP contribution in [0.2, 0.25) is 0 Å². The average Bonchev–Trinajstić information content (AvgIpc) is 2.41. The molecule has 0 heterocycles. The molecule has 0 saturated carbocycles. The van der Waals surface area contributed by atoms with E-state index in [1.807, 2.05) is 26.0 Å². The minimum absolute atomic E-state index is 0.321. The van der Waals surface area contributed by atoms with Gasteiger partial charge >= 0.3 is 0 Å². The fraction of sp³-hybridized carbons (Fsp3) is 0.188. The zero-order valence-corrected chi connectivity index (χ0v) is 11.2. The predicted molar refractivity (Wildman–Crippen MR) is 73.2 cm³/mol. The fourth-order valence-electron chi connectivity index (χ4n) is 2.14. The second-order valence-electron chi connectivity index (χ2n) is 4.44. The van der Waals surface area contributed by atoms with E-state index in [9.17, 15) is 9.18 Å². The Bertz CT molecular complexity index is 633. The molecule has 0 bridgehead atoms. The largest absolute Gasteiger partial charge is 0.496 e. The summed E-state index contributed by atoms with van der Waals surface area (Å²) in [6.45, 7) is 3.95. The monoisotopic (exact) mass is 258 g/mol. The van der Waals surface area contributed by atoms with Crippen molar-refractivity contribution in [3.63, 3.8) is 0 Å². The maximum atomic E-state index is 13.2. The van der Waals surface area contributed by atoms with Gasteiger partial charge in [0.15, 0.2) is 6.29 Å². The number of carbonyl (C=O) groups excluding carboxylic acids is 1. The van der Waals surface area contributed by atoms with Gasteiger partial charge in [0.1, 0.15) is 11.6 Å². The lowest BCUT2D eigenvalue weighted by Gasteiger charge is -2.15. The molecular formula is C16H15FO2. The number of hydrogen-bond donors (Lipinski definition) is 0. The molecule has 0 amide bonds. The summed E-state index contributed by atoms with van der Waals surface area (Å²) in [7, 11) is 1.59. The van der Waals surface area contributed by atoms with Crippen LogP contribution >= 0.6 is 0 Å². The van der Waals surface area contributed by atoms with Gasteiger partial charge in [0.05, 0.1) is 7.11 Å². The number of carbonyl (C=O) groups is 1. The summed E-state index contributed by atoms with van der Waals surface area (Å²) in [5, 5.41) is 0. The first kappa shape index (κ1) is 13.3. The maximum Gasteiger partial charge on any atom is 0.150 e. The van der Waals surface area contributed by atoms with Gasteiger partial charge in [-0.1, -0.05) is 18.2 Å². The molecule has 0 radical (unpaired) electrons. The number of aryl methyl sites for hydroxylation is 1. The molecule has 0 aliphatic heterocycles. The molecule has 2 aromatic rings. The van der Waals surface area contributed by atoms with Crippen LogP contribution in [-0.2, 0) is 0 Å². The van der Waals surface area contributed by atoms with Crippen molar-refractivity contribution >= 4 is 6.29 Å². The van der Waals surface area contributed by atoms with Crippen molar-refractivity contribution in [1.82, 2.24) is 0 Å². The van der Waals surface area contributed by atoms with E-state index in [2.05, 4.69) is 0 Å². The maximum absolute atomic E-state index is 13.2. The molecule has 0 aliphatic carbocycles. The highest BCUT2D eigenvalue weighted by atomic mass is 19.1. The number of ether oxygens (including phenoxy) is 1. The summed E-state index contributed by atoms with van der Waals surface area (Å²) in [6, 6.07) is 8.03.